The van der Waals surface area contributed by atoms with Gasteiger partial charge in [0.2, 0.25) is 15.9 Å². The molecular weight excluding hydrogens is 379 g/mol. The van der Waals surface area contributed by atoms with Gasteiger partial charge in [-0.1, -0.05) is 31.4 Å². The molecule has 150 valence electrons. The van der Waals surface area contributed by atoms with Crippen molar-refractivity contribution >= 4 is 21.6 Å². The molecule has 1 fully saturated rings. The summed E-state index contributed by atoms with van der Waals surface area (Å²) in [6.45, 7) is 1.61. The van der Waals surface area contributed by atoms with Gasteiger partial charge in [-0.3, -0.25) is 4.79 Å². The van der Waals surface area contributed by atoms with Crippen LogP contribution in [0.2, 0.25) is 0 Å². The molecule has 2 aromatic carbocycles. The van der Waals surface area contributed by atoms with Crippen molar-refractivity contribution < 1.29 is 17.6 Å². The predicted molar refractivity (Wildman–Crippen MR) is 107 cm³/mol. The van der Waals surface area contributed by atoms with E-state index in [1.54, 1.807) is 28.6 Å². The van der Waals surface area contributed by atoms with Gasteiger partial charge in [0.1, 0.15) is 5.82 Å². The number of hydrogen-bond acceptors (Lipinski definition) is 3. The molecule has 1 saturated carbocycles. The lowest BCUT2D eigenvalue weighted by Gasteiger charge is -2.33. The Balaban J connectivity index is 1.90. The normalized spacial score (nSPS) is 15.5. The van der Waals surface area contributed by atoms with Gasteiger partial charge in [-0.15, -0.1) is 0 Å². The number of hydrogen-bond donors (Lipinski definition) is 1. The third-order valence-electron chi connectivity index (χ3n) is 5.01. The fourth-order valence-corrected chi connectivity index (χ4v) is 5.27. The van der Waals surface area contributed by atoms with E-state index in [2.05, 4.69) is 5.32 Å². The second-order valence-corrected chi connectivity index (χ2v) is 9.06. The molecular formula is C21H25FN2O3S. The zero-order valence-corrected chi connectivity index (χ0v) is 16.7. The fraction of sp³-hybridized carbons (Fsp3) is 0.381. The van der Waals surface area contributed by atoms with Crippen LogP contribution in [0.25, 0.3) is 0 Å². The Morgan fingerprint density at radius 2 is 1.64 bits per heavy atom. The molecule has 2 aromatic rings. The quantitative estimate of drug-likeness (QED) is 0.780. The second kappa shape index (κ2) is 8.84. The Hall–Kier alpha value is -2.25. The van der Waals surface area contributed by atoms with Crippen molar-refractivity contribution in [3.8, 4) is 0 Å². The molecule has 1 aliphatic carbocycles. The third kappa shape index (κ3) is 4.97. The lowest BCUT2D eigenvalue weighted by atomic mass is 9.95. The zero-order chi connectivity index (χ0) is 20.1. The number of carbonyl (C=O) groups excluding carboxylic acids is 1. The molecule has 1 aliphatic rings. The van der Waals surface area contributed by atoms with Crippen LogP contribution in [0.1, 0.15) is 44.6 Å². The fourth-order valence-electron chi connectivity index (χ4n) is 3.60. The minimum atomic E-state index is -3.73. The Bertz CT molecular complexity index is 906. The minimum Gasteiger partial charge on any atom is -0.326 e. The van der Waals surface area contributed by atoms with E-state index in [0.29, 0.717) is 5.69 Å². The summed E-state index contributed by atoms with van der Waals surface area (Å²) in [5.74, 6) is -0.555. The van der Waals surface area contributed by atoms with Crippen molar-refractivity contribution in [1.29, 1.82) is 0 Å². The topological polar surface area (TPSA) is 66.5 Å². The minimum absolute atomic E-state index is 0.0705. The first-order valence-corrected chi connectivity index (χ1v) is 10.9. The predicted octanol–water partition coefficient (Wildman–Crippen LogP) is 4.31. The first-order valence-electron chi connectivity index (χ1n) is 9.50. The number of carbonyl (C=O) groups is 1. The molecule has 1 N–H and O–H groups in total. The summed E-state index contributed by atoms with van der Waals surface area (Å²) in [5.41, 5.74) is 1.31. The highest BCUT2D eigenvalue weighted by Gasteiger charge is 2.32. The van der Waals surface area contributed by atoms with Gasteiger partial charge in [0.05, 0.1) is 4.90 Å². The van der Waals surface area contributed by atoms with Crippen molar-refractivity contribution in [3.63, 3.8) is 0 Å². The zero-order valence-electron chi connectivity index (χ0n) is 15.9. The molecule has 0 aliphatic heterocycles. The number of rotatable bonds is 6. The summed E-state index contributed by atoms with van der Waals surface area (Å²) in [4.78, 5) is 11.4. The van der Waals surface area contributed by atoms with Crippen LogP contribution in [-0.2, 0) is 21.4 Å². The molecule has 0 unspecified atom stereocenters. The van der Waals surface area contributed by atoms with Crippen molar-refractivity contribution in [2.45, 2.75) is 56.5 Å². The van der Waals surface area contributed by atoms with Gasteiger partial charge in [-0.2, -0.15) is 4.31 Å². The van der Waals surface area contributed by atoms with E-state index in [1.807, 2.05) is 0 Å². The van der Waals surface area contributed by atoms with Crippen LogP contribution in [0.3, 0.4) is 0 Å². The highest BCUT2D eigenvalue weighted by molar-refractivity contribution is 7.89. The van der Waals surface area contributed by atoms with Gasteiger partial charge in [-0.25, -0.2) is 12.8 Å². The maximum Gasteiger partial charge on any atom is 0.243 e. The number of nitrogens with one attached hydrogen (secondary N) is 1. The number of amides is 1. The number of nitrogens with zero attached hydrogens (tertiary/aromatic N) is 1. The molecule has 0 spiro atoms. The smallest absolute Gasteiger partial charge is 0.243 e. The summed E-state index contributed by atoms with van der Waals surface area (Å²) in [5, 5.41) is 2.64. The number of anilines is 1. The van der Waals surface area contributed by atoms with Crippen LogP contribution < -0.4 is 5.32 Å². The first kappa shape index (κ1) is 20.5. The van der Waals surface area contributed by atoms with E-state index in [4.69, 9.17) is 0 Å². The Kier molecular flexibility index (Phi) is 6.46. The van der Waals surface area contributed by atoms with Crippen molar-refractivity contribution in [2.75, 3.05) is 5.32 Å². The Morgan fingerprint density at radius 3 is 2.21 bits per heavy atom. The summed E-state index contributed by atoms with van der Waals surface area (Å²) >= 11 is 0. The molecule has 0 heterocycles. The van der Waals surface area contributed by atoms with Crippen LogP contribution in [0, 0.1) is 5.82 Å². The number of benzene rings is 2. The SMILES string of the molecule is CC(=O)Nc1ccc(S(=O)(=O)N(Cc2ccc(F)cc2)C2CCCCC2)cc1. The highest BCUT2D eigenvalue weighted by atomic mass is 32.2. The van der Waals surface area contributed by atoms with Crippen LogP contribution in [-0.4, -0.2) is 24.7 Å². The molecule has 0 bridgehead atoms. The van der Waals surface area contributed by atoms with Gasteiger partial charge in [-0.05, 0) is 54.8 Å². The average Bonchev–Trinajstić information content (AvgIpc) is 2.68. The van der Waals surface area contributed by atoms with Gasteiger partial charge >= 0.3 is 0 Å². The lowest BCUT2D eigenvalue weighted by molar-refractivity contribution is -0.114. The molecule has 5 nitrogen and oxygen atoms in total. The van der Waals surface area contributed by atoms with Crippen molar-refractivity contribution in [2.24, 2.45) is 0 Å². The van der Waals surface area contributed by atoms with Crippen molar-refractivity contribution in [3.05, 3.63) is 59.9 Å². The highest BCUT2D eigenvalue weighted by Crippen LogP contribution is 2.30. The molecule has 1 amide bonds. The largest absolute Gasteiger partial charge is 0.326 e. The molecule has 28 heavy (non-hydrogen) atoms. The summed E-state index contributed by atoms with van der Waals surface area (Å²) in [6.07, 6.45) is 4.77. The van der Waals surface area contributed by atoms with Gasteiger partial charge < -0.3 is 5.32 Å². The van der Waals surface area contributed by atoms with E-state index >= 15 is 0 Å². The van der Waals surface area contributed by atoms with Crippen LogP contribution in [0.15, 0.2) is 53.4 Å². The van der Waals surface area contributed by atoms with Crippen LogP contribution >= 0.6 is 0 Å². The number of halogens is 1. The van der Waals surface area contributed by atoms with E-state index in [9.17, 15) is 17.6 Å². The molecule has 0 aromatic heterocycles. The first-order chi connectivity index (χ1) is 13.4. The van der Waals surface area contributed by atoms with E-state index < -0.39 is 10.0 Å². The average molecular weight is 405 g/mol. The summed E-state index contributed by atoms with van der Waals surface area (Å²) in [7, 11) is -3.73. The summed E-state index contributed by atoms with van der Waals surface area (Å²) < 4.78 is 41.6. The maximum atomic E-state index is 13.4. The van der Waals surface area contributed by atoms with Gasteiger partial charge in [0, 0.05) is 25.2 Å². The van der Waals surface area contributed by atoms with Crippen LogP contribution in [0.5, 0.6) is 0 Å². The molecule has 0 saturated heterocycles. The summed E-state index contributed by atoms with van der Waals surface area (Å²) in [6, 6.07) is 12.1. The second-order valence-electron chi connectivity index (χ2n) is 7.17. The molecule has 0 atom stereocenters. The van der Waals surface area contributed by atoms with E-state index in [-0.39, 0.29) is 29.2 Å². The van der Waals surface area contributed by atoms with E-state index in [0.717, 1.165) is 37.7 Å². The monoisotopic (exact) mass is 404 g/mol. The number of sulfonamides is 1. The molecule has 0 radical (unpaired) electrons. The Morgan fingerprint density at radius 1 is 1.04 bits per heavy atom. The third-order valence-corrected chi connectivity index (χ3v) is 6.93. The van der Waals surface area contributed by atoms with Crippen molar-refractivity contribution in [1.82, 2.24) is 4.31 Å². The maximum absolute atomic E-state index is 13.4. The molecule has 3 rings (SSSR count). The van der Waals surface area contributed by atoms with Crippen LogP contribution in [0.4, 0.5) is 10.1 Å². The Labute approximate surface area is 165 Å². The van der Waals surface area contributed by atoms with Gasteiger partial charge in [0.15, 0.2) is 0 Å². The van der Waals surface area contributed by atoms with Gasteiger partial charge in [0.25, 0.3) is 0 Å². The standard InChI is InChI=1S/C21H25FN2O3S/c1-16(25)23-19-11-13-21(14-12-19)28(26,27)24(20-5-3-2-4-6-20)15-17-7-9-18(22)10-8-17/h7-14,20H,2-6,15H2,1H3,(H,23,25). The van der Waals surface area contributed by atoms with E-state index in [1.165, 1.54) is 31.2 Å². The molecule has 7 heteroatoms. The lowest BCUT2D eigenvalue weighted by Crippen LogP contribution is -2.40.